The van der Waals surface area contributed by atoms with Crippen LogP contribution in [-0.2, 0) is 6.42 Å². The van der Waals surface area contributed by atoms with Gasteiger partial charge in [-0.1, -0.05) is 29.4 Å². The van der Waals surface area contributed by atoms with E-state index in [1.807, 2.05) is 19.1 Å². The lowest BCUT2D eigenvalue weighted by atomic mass is 10.1. The average Bonchev–Trinajstić information content (AvgIpc) is 2.70. The first-order chi connectivity index (χ1) is 7.66. The Kier molecular flexibility index (Phi) is 4.66. The molecule has 1 atom stereocenters. The molecule has 0 saturated carbocycles. The summed E-state index contributed by atoms with van der Waals surface area (Å²) in [6.07, 6.45) is 0.683. The lowest BCUT2D eigenvalue weighted by molar-refractivity contribution is 0.358. The van der Waals surface area contributed by atoms with E-state index in [-0.39, 0.29) is 18.4 Å². The predicted molar refractivity (Wildman–Crippen MR) is 68.1 cm³/mol. The van der Waals surface area contributed by atoms with Crippen molar-refractivity contribution in [2.45, 2.75) is 26.3 Å². The van der Waals surface area contributed by atoms with E-state index in [0.29, 0.717) is 18.1 Å². The summed E-state index contributed by atoms with van der Waals surface area (Å²) in [5.74, 6) is 1.17. The number of hydrogen-bond acceptors (Lipinski definition) is 4. The van der Waals surface area contributed by atoms with E-state index in [0.717, 1.165) is 0 Å². The number of hydrogen-bond donors (Lipinski definition) is 1. The van der Waals surface area contributed by atoms with Gasteiger partial charge in [-0.2, -0.15) is 4.98 Å². The Morgan fingerprint density at radius 2 is 2.06 bits per heavy atom. The Morgan fingerprint density at radius 1 is 1.35 bits per heavy atom. The summed E-state index contributed by atoms with van der Waals surface area (Å²) in [4.78, 5) is 4.24. The SMILES string of the molecule is Cc1ccccc1Cc1noc([C@H](C)N)n1.Cl. The molecule has 1 aromatic carbocycles. The molecule has 0 fully saturated rings. The van der Waals surface area contributed by atoms with Crippen LogP contribution in [0, 0.1) is 6.92 Å². The maximum Gasteiger partial charge on any atom is 0.243 e. The van der Waals surface area contributed by atoms with Crippen molar-refractivity contribution in [2.24, 2.45) is 5.73 Å². The van der Waals surface area contributed by atoms with E-state index < -0.39 is 0 Å². The van der Waals surface area contributed by atoms with Crippen molar-refractivity contribution in [3.8, 4) is 0 Å². The lowest BCUT2D eigenvalue weighted by Gasteiger charge is -2.00. The molecule has 1 aromatic heterocycles. The fourth-order valence-electron chi connectivity index (χ4n) is 1.50. The molecule has 0 amide bonds. The third-order valence-corrected chi connectivity index (χ3v) is 2.48. The zero-order chi connectivity index (χ0) is 11.5. The first-order valence-electron chi connectivity index (χ1n) is 5.29. The van der Waals surface area contributed by atoms with Crippen LogP contribution in [0.3, 0.4) is 0 Å². The summed E-state index contributed by atoms with van der Waals surface area (Å²) < 4.78 is 5.05. The molecule has 17 heavy (non-hydrogen) atoms. The van der Waals surface area contributed by atoms with Crippen molar-refractivity contribution in [3.05, 3.63) is 47.1 Å². The first kappa shape index (κ1) is 13.7. The highest BCUT2D eigenvalue weighted by molar-refractivity contribution is 5.85. The molecule has 4 nitrogen and oxygen atoms in total. The quantitative estimate of drug-likeness (QED) is 0.912. The molecule has 0 aliphatic rings. The second-order valence-corrected chi connectivity index (χ2v) is 3.94. The monoisotopic (exact) mass is 253 g/mol. The van der Waals surface area contributed by atoms with Crippen LogP contribution < -0.4 is 5.73 Å². The highest BCUT2D eigenvalue weighted by Crippen LogP contribution is 2.13. The summed E-state index contributed by atoms with van der Waals surface area (Å²) in [7, 11) is 0. The zero-order valence-corrected chi connectivity index (χ0v) is 10.7. The maximum atomic E-state index is 5.65. The molecule has 2 N–H and O–H groups in total. The van der Waals surface area contributed by atoms with Gasteiger partial charge in [-0.05, 0) is 25.0 Å². The molecular weight excluding hydrogens is 238 g/mol. The summed E-state index contributed by atoms with van der Waals surface area (Å²) in [5, 5.41) is 3.91. The largest absolute Gasteiger partial charge is 0.338 e. The van der Waals surface area contributed by atoms with Crippen LogP contribution in [0.1, 0.15) is 35.8 Å². The number of aryl methyl sites for hydroxylation is 1. The van der Waals surface area contributed by atoms with Crippen molar-refractivity contribution in [1.29, 1.82) is 0 Å². The molecule has 0 aliphatic carbocycles. The second kappa shape index (κ2) is 5.80. The van der Waals surface area contributed by atoms with Crippen molar-refractivity contribution in [1.82, 2.24) is 10.1 Å². The van der Waals surface area contributed by atoms with Gasteiger partial charge in [0.05, 0.1) is 6.04 Å². The van der Waals surface area contributed by atoms with Crippen LogP contribution in [0.2, 0.25) is 0 Å². The summed E-state index contributed by atoms with van der Waals surface area (Å²) in [5.41, 5.74) is 8.09. The van der Waals surface area contributed by atoms with E-state index in [2.05, 4.69) is 29.2 Å². The van der Waals surface area contributed by atoms with E-state index in [1.54, 1.807) is 0 Å². The highest BCUT2D eigenvalue weighted by atomic mass is 35.5. The van der Waals surface area contributed by atoms with Crippen LogP contribution in [0.25, 0.3) is 0 Å². The van der Waals surface area contributed by atoms with Crippen LogP contribution >= 0.6 is 12.4 Å². The normalized spacial score (nSPS) is 11.9. The van der Waals surface area contributed by atoms with Gasteiger partial charge in [-0.25, -0.2) is 0 Å². The van der Waals surface area contributed by atoms with E-state index in [4.69, 9.17) is 10.3 Å². The number of aromatic nitrogens is 2. The van der Waals surface area contributed by atoms with Crippen molar-refractivity contribution < 1.29 is 4.52 Å². The van der Waals surface area contributed by atoms with Gasteiger partial charge < -0.3 is 10.3 Å². The topological polar surface area (TPSA) is 64.9 Å². The Bertz CT molecular complexity index is 482. The zero-order valence-electron chi connectivity index (χ0n) is 9.88. The van der Waals surface area contributed by atoms with Crippen LogP contribution in [0.4, 0.5) is 0 Å². The molecule has 2 rings (SSSR count). The molecule has 5 heteroatoms. The fourth-order valence-corrected chi connectivity index (χ4v) is 1.50. The number of nitrogens with zero attached hydrogens (tertiary/aromatic N) is 2. The first-order valence-corrected chi connectivity index (χ1v) is 5.29. The van der Waals surface area contributed by atoms with Gasteiger partial charge in [-0.3, -0.25) is 0 Å². The third-order valence-electron chi connectivity index (χ3n) is 2.48. The van der Waals surface area contributed by atoms with Crippen LogP contribution in [-0.4, -0.2) is 10.1 Å². The van der Waals surface area contributed by atoms with Crippen LogP contribution in [0.15, 0.2) is 28.8 Å². The van der Waals surface area contributed by atoms with Gasteiger partial charge in [0.15, 0.2) is 5.82 Å². The maximum absolute atomic E-state index is 5.65. The van der Waals surface area contributed by atoms with Gasteiger partial charge in [0.2, 0.25) is 5.89 Å². The number of benzene rings is 1. The summed E-state index contributed by atoms with van der Waals surface area (Å²) >= 11 is 0. The summed E-state index contributed by atoms with van der Waals surface area (Å²) in [6, 6.07) is 7.95. The Balaban J connectivity index is 0.00000144. The van der Waals surface area contributed by atoms with Gasteiger partial charge >= 0.3 is 0 Å². The van der Waals surface area contributed by atoms with Crippen molar-refractivity contribution in [3.63, 3.8) is 0 Å². The van der Waals surface area contributed by atoms with Gasteiger partial charge in [0.25, 0.3) is 0 Å². The molecule has 0 aliphatic heterocycles. The van der Waals surface area contributed by atoms with E-state index in [9.17, 15) is 0 Å². The molecule has 0 radical (unpaired) electrons. The van der Waals surface area contributed by atoms with Crippen molar-refractivity contribution >= 4 is 12.4 Å². The number of nitrogens with two attached hydrogens (primary N) is 1. The van der Waals surface area contributed by atoms with Gasteiger partial charge in [-0.15, -0.1) is 12.4 Å². The number of rotatable bonds is 3. The van der Waals surface area contributed by atoms with Crippen molar-refractivity contribution in [2.75, 3.05) is 0 Å². The van der Waals surface area contributed by atoms with Crippen LogP contribution in [0.5, 0.6) is 0 Å². The standard InChI is InChI=1S/C12H15N3O.ClH/c1-8-5-3-4-6-10(8)7-11-14-12(9(2)13)16-15-11;/h3-6,9H,7,13H2,1-2H3;1H/t9-;/m0./s1. The predicted octanol–water partition coefficient (Wildman–Crippen LogP) is 2.41. The van der Waals surface area contributed by atoms with Gasteiger partial charge in [0.1, 0.15) is 0 Å². The van der Waals surface area contributed by atoms with Gasteiger partial charge in [0, 0.05) is 6.42 Å². The molecule has 2 aromatic rings. The minimum absolute atomic E-state index is 0. The Labute approximate surface area is 107 Å². The van der Waals surface area contributed by atoms with E-state index in [1.165, 1.54) is 11.1 Å². The Morgan fingerprint density at radius 3 is 2.65 bits per heavy atom. The lowest BCUT2D eigenvalue weighted by Crippen LogP contribution is -2.05. The average molecular weight is 254 g/mol. The Hall–Kier alpha value is -1.39. The second-order valence-electron chi connectivity index (χ2n) is 3.94. The molecule has 0 unspecified atom stereocenters. The smallest absolute Gasteiger partial charge is 0.243 e. The molecule has 0 bridgehead atoms. The fraction of sp³-hybridized carbons (Fsp3) is 0.333. The molecule has 0 spiro atoms. The molecule has 92 valence electrons. The highest BCUT2D eigenvalue weighted by Gasteiger charge is 2.10. The minimum atomic E-state index is -0.210. The molecular formula is C12H16ClN3O. The number of halogens is 1. The molecule has 1 heterocycles. The summed E-state index contributed by atoms with van der Waals surface area (Å²) in [6.45, 7) is 3.90. The third kappa shape index (κ3) is 3.28. The van der Waals surface area contributed by atoms with E-state index >= 15 is 0 Å². The minimum Gasteiger partial charge on any atom is -0.338 e. The molecule has 0 saturated heterocycles.